The molecular formula is C16H17NO3. The Hall–Kier alpha value is -2.10. The van der Waals surface area contributed by atoms with Gasteiger partial charge in [0.15, 0.2) is 0 Å². The van der Waals surface area contributed by atoms with Gasteiger partial charge in [-0.25, -0.2) is 0 Å². The molecule has 0 spiro atoms. The lowest BCUT2D eigenvalue weighted by Crippen LogP contribution is -2.36. The number of carboxylic acid groups (broad SMARTS) is 1. The average Bonchev–Trinajstić information content (AvgIpc) is 2.98. The number of fused-ring (bicyclic) bond motifs is 2. The van der Waals surface area contributed by atoms with Crippen molar-refractivity contribution < 1.29 is 14.7 Å². The molecule has 2 aliphatic carbocycles. The maximum absolute atomic E-state index is 12.4. The van der Waals surface area contributed by atoms with Gasteiger partial charge >= 0.3 is 5.97 Å². The third-order valence-corrected chi connectivity index (χ3v) is 4.33. The Morgan fingerprint density at radius 1 is 1.20 bits per heavy atom. The van der Waals surface area contributed by atoms with Crippen molar-refractivity contribution in [1.29, 1.82) is 0 Å². The predicted molar refractivity (Wildman–Crippen MR) is 75.2 cm³/mol. The molecule has 0 radical (unpaired) electrons. The monoisotopic (exact) mass is 271 g/mol. The molecule has 0 saturated heterocycles. The van der Waals surface area contributed by atoms with Gasteiger partial charge in [0.25, 0.3) is 0 Å². The number of rotatable bonds is 3. The first-order chi connectivity index (χ1) is 9.56. The second kappa shape index (κ2) is 4.78. The van der Waals surface area contributed by atoms with Gasteiger partial charge < -0.3 is 10.4 Å². The number of anilines is 1. The van der Waals surface area contributed by atoms with Crippen molar-refractivity contribution >= 4 is 17.6 Å². The molecule has 1 aromatic rings. The molecular weight excluding hydrogens is 254 g/mol. The Labute approximate surface area is 117 Å². The normalized spacial score (nSPS) is 30.4. The van der Waals surface area contributed by atoms with E-state index < -0.39 is 17.8 Å². The first kappa shape index (κ1) is 12.9. The molecule has 4 nitrogen and oxygen atoms in total. The van der Waals surface area contributed by atoms with Crippen molar-refractivity contribution in [3.8, 4) is 0 Å². The second-order valence-corrected chi connectivity index (χ2v) is 5.70. The van der Waals surface area contributed by atoms with E-state index in [-0.39, 0.29) is 17.7 Å². The van der Waals surface area contributed by atoms with E-state index in [2.05, 4.69) is 5.32 Å². The van der Waals surface area contributed by atoms with Gasteiger partial charge in [-0.15, -0.1) is 0 Å². The fourth-order valence-electron chi connectivity index (χ4n) is 3.46. The van der Waals surface area contributed by atoms with E-state index in [1.54, 1.807) is 0 Å². The van der Waals surface area contributed by atoms with E-state index in [4.69, 9.17) is 0 Å². The molecule has 4 atom stereocenters. The van der Waals surface area contributed by atoms with Crippen LogP contribution in [0.25, 0.3) is 0 Å². The van der Waals surface area contributed by atoms with Crippen LogP contribution in [0.5, 0.6) is 0 Å². The molecule has 0 aromatic heterocycles. The summed E-state index contributed by atoms with van der Waals surface area (Å²) in [4.78, 5) is 23.8. The molecule has 1 amide bonds. The smallest absolute Gasteiger partial charge is 0.307 e. The lowest BCUT2D eigenvalue weighted by Gasteiger charge is -2.23. The summed E-state index contributed by atoms with van der Waals surface area (Å²) in [6, 6.07) is 7.54. The molecule has 1 fully saturated rings. The van der Waals surface area contributed by atoms with E-state index in [1.807, 2.05) is 43.3 Å². The first-order valence-corrected chi connectivity index (χ1v) is 6.85. The highest BCUT2D eigenvalue weighted by molar-refractivity contribution is 5.96. The summed E-state index contributed by atoms with van der Waals surface area (Å²) >= 11 is 0. The number of carbonyl (C=O) groups excluding carboxylic acids is 1. The molecule has 2 bridgehead atoms. The summed E-state index contributed by atoms with van der Waals surface area (Å²) in [6.45, 7) is 1.95. The Kier molecular flexibility index (Phi) is 3.08. The molecule has 2 aliphatic rings. The number of hydrogen-bond acceptors (Lipinski definition) is 2. The first-order valence-electron chi connectivity index (χ1n) is 6.85. The molecule has 20 heavy (non-hydrogen) atoms. The SMILES string of the molecule is Cc1cccc(NC(=O)[C@@H]2[C@@H](C(=O)O)[C@H]3C=C[C@@H]2C3)c1. The zero-order valence-electron chi connectivity index (χ0n) is 11.2. The second-order valence-electron chi connectivity index (χ2n) is 5.70. The molecule has 3 rings (SSSR count). The molecule has 0 unspecified atom stereocenters. The van der Waals surface area contributed by atoms with Gasteiger partial charge in [0.2, 0.25) is 5.91 Å². The van der Waals surface area contributed by atoms with E-state index in [0.717, 1.165) is 17.7 Å². The average molecular weight is 271 g/mol. The molecule has 2 N–H and O–H groups in total. The number of benzene rings is 1. The Morgan fingerprint density at radius 3 is 2.55 bits per heavy atom. The number of carbonyl (C=O) groups is 2. The minimum atomic E-state index is -0.869. The van der Waals surface area contributed by atoms with Crippen LogP contribution in [-0.4, -0.2) is 17.0 Å². The number of hydrogen-bond donors (Lipinski definition) is 2. The van der Waals surface area contributed by atoms with Crippen LogP contribution in [0.4, 0.5) is 5.69 Å². The fourth-order valence-corrected chi connectivity index (χ4v) is 3.46. The van der Waals surface area contributed by atoms with Crippen LogP contribution in [-0.2, 0) is 9.59 Å². The molecule has 104 valence electrons. The van der Waals surface area contributed by atoms with Gasteiger partial charge in [0.05, 0.1) is 11.8 Å². The highest BCUT2D eigenvalue weighted by Gasteiger charge is 2.51. The highest BCUT2D eigenvalue weighted by Crippen LogP contribution is 2.48. The zero-order chi connectivity index (χ0) is 14.3. The Morgan fingerprint density at radius 2 is 1.90 bits per heavy atom. The maximum atomic E-state index is 12.4. The highest BCUT2D eigenvalue weighted by atomic mass is 16.4. The minimum Gasteiger partial charge on any atom is -0.481 e. The van der Waals surface area contributed by atoms with E-state index >= 15 is 0 Å². The van der Waals surface area contributed by atoms with Crippen molar-refractivity contribution in [3.05, 3.63) is 42.0 Å². The van der Waals surface area contributed by atoms with E-state index in [0.29, 0.717) is 0 Å². The molecule has 1 saturated carbocycles. The van der Waals surface area contributed by atoms with Crippen LogP contribution in [0, 0.1) is 30.6 Å². The van der Waals surface area contributed by atoms with Crippen LogP contribution in [0.15, 0.2) is 36.4 Å². The lowest BCUT2D eigenvalue weighted by atomic mass is 9.82. The van der Waals surface area contributed by atoms with Gasteiger partial charge in [-0.1, -0.05) is 24.3 Å². The van der Waals surface area contributed by atoms with Crippen LogP contribution in [0.2, 0.25) is 0 Å². The van der Waals surface area contributed by atoms with Crippen molar-refractivity contribution in [2.24, 2.45) is 23.7 Å². The van der Waals surface area contributed by atoms with Crippen molar-refractivity contribution in [1.82, 2.24) is 0 Å². The summed E-state index contributed by atoms with van der Waals surface area (Å²) < 4.78 is 0. The summed E-state index contributed by atoms with van der Waals surface area (Å²) in [5, 5.41) is 12.2. The largest absolute Gasteiger partial charge is 0.481 e. The Bertz CT molecular complexity index is 593. The van der Waals surface area contributed by atoms with Gasteiger partial charge in [-0.3, -0.25) is 9.59 Å². The van der Waals surface area contributed by atoms with Crippen molar-refractivity contribution in [2.75, 3.05) is 5.32 Å². The van der Waals surface area contributed by atoms with Crippen LogP contribution >= 0.6 is 0 Å². The lowest BCUT2D eigenvalue weighted by molar-refractivity contribution is -0.146. The number of aliphatic carboxylic acids is 1. The summed E-state index contributed by atoms with van der Waals surface area (Å²) in [5.41, 5.74) is 1.79. The van der Waals surface area contributed by atoms with Gasteiger partial charge in [-0.2, -0.15) is 0 Å². The standard InChI is InChI=1S/C16H17NO3/c1-9-3-2-4-12(7-9)17-15(18)13-10-5-6-11(8-10)14(13)16(19)20/h2-7,10-11,13-14H,8H2,1H3,(H,17,18)(H,19,20)/t10-,11+,13+,14+/m1/s1. The fraction of sp³-hybridized carbons (Fsp3) is 0.375. The predicted octanol–water partition coefficient (Wildman–Crippen LogP) is 2.46. The van der Waals surface area contributed by atoms with Gasteiger partial charge in [-0.05, 0) is 42.9 Å². The van der Waals surface area contributed by atoms with Gasteiger partial charge in [0, 0.05) is 5.69 Å². The number of carboxylic acids is 1. The number of amides is 1. The summed E-state index contributed by atoms with van der Waals surface area (Å²) in [7, 11) is 0. The topological polar surface area (TPSA) is 66.4 Å². The van der Waals surface area contributed by atoms with E-state index in [9.17, 15) is 14.7 Å². The maximum Gasteiger partial charge on any atom is 0.307 e. The van der Waals surface area contributed by atoms with Crippen LogP contribution in [0.1, 0.15) is 12.0 Å². The number of nitrogens with one attached hydrogen (secondary N) is 1. The Balaban J connectivity index is 1.80. The minimum absolute atomic E-state index is 0.00533. The third kappa shape index (κ3) is 2.11. The summed E-state index contributed by atoms with van der Waals surface area (Å²) in [6.07, 6.45) is 4.72. The van der Waals surface area contributed by atoms with Crippen LogP contribution in [0.3, 0.4) is 0 Å². The number of aryl methyl sites for hydroxylation is 1. The van der Waals surface area contributed by atoms with Gasteiger partial charge in [0.1, 0.15) is 0 Å². The zero-order valence-corrected chi connectivity index (χ0v) is 11.2. The quantitative estimate of drug-likeness (QED) is 0.830. The molecule has 0 aliphatic heterocycles. The molecule has 4 heteroatoms. The van der Waals surface area contributed by atoms with Crippen molar-refractivity contribution in [3.63, 3.8) is 0 Å². The van der Waals surface area contributed by atoms with Crippen LogP contribution < -0.4 is 5.32 Å². The van der Waals surface area contributed by atoms with Crippen molar-refractivity contribution in [2.45, 2.75) is 13.3 Å². The molecule has 0 heterocycles. The number of allylic oxidation sites excluding steroid dienone is 2. The third-order valence-electron chi connectivity index (χ3n) is 4.33. The summed E-state index contributed by atoms with van der Waals surface area (Å²) in [5.74, 6) is -2.03. The van der Waals surface area contributed by atoms with E-state index in [1.165, 1.54) is 0 Å². The molecule has 1 aromatic carbocycles.